The number of likely N-dealkylation sites (tertiary alicyclic amines) is 1. The largest absolute Gasteiger partial charge is 0.353 e. The van der Waals surface area contributed by atoms with Gasteiger partial charge in [-0.1, -0.05) is 38.5 Å². The number of nitrogens with one attached hydrogen (secondary N) is 1. The lowest BCUT2D eigenvalue weighted by Gasteiger charge is -2.37. The van der Waals surface area contributed by atoms with Crippen LogP contribution in [-0.2, 0) is 11.3 Å². The summed E-state index contributed by atoms with van der Waals surface area (Å²) in [5.74, 6) is 3.40. The predicted octanol–water partition coefficient (Wildman–Crippen LogP) is 5.19. The Hall–Kier alpha value is -1.42. The molecule has 3 aliphatic carbocycles. The third-order valence-electron chi connectivity index (χ3n) is 9.03. The van der Waals surface area contributed by atoms with Crippen molar-refractivity contribution in [1.29, 1.82) is 0 Å². The van der Waals surface area contributed by atoms with E-state index in [1.165, 1.54) is 89.2 Å². The minimum atomic E-state index is 0.286. The molecule has 4 aliphatic rings. The molecule has 31 heavy (non-hydrogen) atoms. The van der Waals surface area contributed by atoms with Gasteiger partial charge in [0.2, 0.25) is 5.91 Å². The second-order valence-electron chi connectivity index (χ2n) is 11.0. The Labute approximate surface area is 188 Å². The van der Waals surface area contributed by atoms with Crippen molar-refractivity contribution in [3.05, 3.63) is 30.1 Å². The van der Waals surface area contributed by atoms with Crippen molar-refractivity contribution < 1.29 is 4.79 Å². The molecule has 170 valence electrons. The molecule has 4 nitrogen and oxygen atoms in total. The van der Waals surface area contributed by atoms with Crippen LogP contribution >= 0.6 is 0 Å². The summed E-state index contributed by atoms with van der Waals surface area (Å²) < 4.78 is 0. The van der Waals surface area contributed by atoms with Crippen LogP contribution in [0.3, 0.4) is 0 Å². The smallest absolute Gasteiger partial charge is 0.223 e. The second-order valence-corrected chi connectivity index (χ2v) is 11.0. The number of carbonyl (C=O) groups excluding carboxylic acids is 1. The lowest BCUT2D eigenvalue weighted by Crippen LogP contribution is -2.47. The van der Waals surface area contributed by atoms with E-state index in [0.29, 0.717) is 29.7 Å². The van der Waals surface area contributed by atoms with Crippen LogP contribution in [0, 0.1) is 29.6 Å². The first-order valence-corrected chi connectivity index (χ1v) is 13.2. The predicted molar refractivity (Wildman–Crippen MR) is 124 cm³/mol. The van der Waals surface area contributed by atoms with E-state index in [0.717, 1.165) is 19.0 Å². The molecule has 1 aromatic rings. The van der Waals surface area contributed by atoms with Crippen molar-refractivity contribution >= 4 is 5.91 Å². The van der Waals surface area contributed by atoms with Gasteiger partial charge >= 0.3 is 0 Å². The van der Waals surface area contributed by atoms with Gasteiger partial charge in [0.15, 0.2) is 0 Å². The zero-order valence-corrected chi connectivity index (χ0v) is 19.2. The van der Waals surface area contributed by atoms with Crippen molar-refractivity contribution in [2.75, 3.05) is 13.1 Å². The van der Waals surface area contributed by atoms with Gasteiger partial charge in [-0.15, -0.1) is 0 Å². The molecule has 1 amide bonds. The van der Waals surface area contributed by atoms with Gasteiger partial charge in [0.25, 0.3) is 0 Å². The van der Waals surface area contributed by atoms with Crippen molar-refractivity contribution in [3.8, 4) is 0 Å². The highest BCUT2D eigenvalue weighted by molar-refractivity contribution is 5.79. The Morgan fingerprint density at radius 1 is 0.903 bits per heavy atom. The second kappa shape index (κ2) is 10.0. The summed E-state index contributed by atoms with van der Waals surface area (Å²) in [5, 5.41) is 3.65. The van der Waals surface area contributed by atoms with Gasteiger partial charge in [0.1, 0.15) is 0 Å². The van der Waals surface area contributed by atoms with Crippen LogP contribution in [0.5, 0.6) is 0 Å². The van der Waals surface area contributed by atoms with Crippen molar-refractivity contribution in [2.24, 2.45) is 29.6 Å². The molecule has 1 aromatic heterocycles. The molecule has 1 aliphatic heterocycles. The zero-order valence-electron chi connectivity index (χ0n) is 19.2. The number of nitrogens with zero attached hydrogens (tertiary/aromatic N) is 2. The maximum atomic E-state index is 13.7. The number of carbonyl (C=O) groups is 1. The molecule has 1 saturated heterocycles. The number of pyridine rings is 1. The number of rotatable bonds is 6. The summed E-state index contributed by atoms with van der Waals surface area (Å²) >= 11 is 0. The summed E-state index contributed by atoms with van der Waals surface area (Å²) in [6.07, 6.45) is 19.5. The molecule has 0 aromatic carbocycles. The van der Waals surface area contributed by atoms with Gasteiger partial charge in [0, 0.05) is 44.0 Å². The molecule has 3 saturated carbocycles. The molecule has 2 heterocycles. The molecule has 3 atom stereocenters. The van der Waals surface area contributed by atoms with Gasteiger partial charge in [0.05, 0.1) is 0 Å². The van der Waals surface area contributed by atoms with Gasteiger partial charge in [-0.2, -0.15) is 0 Å². The Balaban J connectivity index is 1.22. The normalized spacial score (nSPS) is 30.5. The van der Waals surface area contributed by atoms with Gasteiger partial charge in [-0.25, -0.2) is 0 Å². The third kappa shape index (κ3) is 4.99. The summed E-state index contributed by atoms with van der Waals surface area (Å²) in [6, 6.07) is 4.66. The van der Waals surface area contributed by atoms with Gasteiger partial charge in [-0.3, -0.25) is 14.7 Å². The number of aromatic nitrogens is 1. The third-order valence-corrected chi connectivity index (χ3v) is 9.03. The molecule has 0 spiro atoms. The minimum Gasteiger partial charge on any atom is -0.353 e. The molecule has 1 N–H and O–H groups in total. The summed E-state index contributed by atoms with van der Waals surface area (Å²) in [5.41, 5.74) is 1.35. The van der Waals surface area contributed by atoms with Gasteiger partial charge < -0.3 is 5.32 Å². The summed E-state index contributed by atoms with van der Waals surface area (Å²) in [7, 11) is 0. The monoisotopic (exact) mass is 423 g/mol. The fourth-order valence-electron chi connectivity index (χ4n) is 7.49. The van der Waals surface area contributed by atoms with Crippen LogP contribution in [0.25, 0.3) is 0 Å². The first-order chi connectivity index (χ1) is 15.3. The summed E-state index contributed by atoms with van der Waals surface area (Å²) in [6.45, 7) is 3.34. The average Bonchev–Trinajstić information content (AvgIpc) is 3.37. The van der Waals surface area contributed by atoms with E-state index >= 15 is 0 Å². The Morgan fingerprint density at radius 2 is 1.55 bits per heavy atom. The van der Waals surface area contributed by atoms with Crippen LogP contribution in [0.2, 0.25) is 0 Å². The van der Waals surface area contributed by atoms with Gasteiger partial charge in [-0.05, 0) is 79.9 Å². The van der Waals surface area contributed by atoms with Crippen LogP contribution in [0.15, 0.2) is 24.5 Å². The lowest BCUT2D eigenvalue weighted by atomic mass is 9.69. The van der Waals surface area contributed by atoms with Crippen LogP contribution < -0.4 is 5.32 Å². The van der Waals surface area contributed by atoms with Crippen molar-refractivity contribution in [2.45, 2.75) is 89.6 Å². The number of hydrogen-bond acceptors (Lipinski definition) is 3. The maximum Gasteiger partial charge on any atom is 0.223 e. The molecule has 0 radical (unpaired) electrons. The molecule has 0 bridgehead atoms. The van der Waals surface area contributed by atoms with Crippen molar-refractivity contribution in [1.82, 2.24) is 15.2 Å². The average molecular weight is 424 g/mol. The van der Waals surface area contributed by atoms with E-state index in [-0.39, 0.29) is 5.92 Å². The van der Waals surface area contributed by atoms with Crippen molar-refractivity contribution in [3.63, 3.8) is 0 Å². The highest BCUT2D eigenvalue weighted by Crippen LogP contribution is 2.42. The molecule has 5 rings (SSSR count). The fourth-order valence-corrected chi connectivity index (χ4v) is 7.49. The molecule has 4 heteroatoms. The van der Waals surface area contributed by atoms with Crippen LogP contribution in [0.1, 0.15) is 82.6 Å². The lowest BCUT2D eigenvalue weighted by molar-refractivity contribution is -0.131. The van der Waals surface area contributed by atoms with E-state index in [2.05, 4.69) is 27.3 Å². The molecule has 4 fully saturated rings. The highest BCUT2D eigenvalue weighted by Gasteiger charge is 2.44. The topological polar surface area (TPSA) is 45.2 Å². The first-order valence-electron chi connectivity index (χ1n) is 13.2. The van der Waals surface area contributed by atoms with E-state index in [1.54, 1.807) is 0 Å². The Morgan fingerprint density at radius 3 is 2.19 bits per heavy atom. The Bertz CT molecular complexity index is 692. The summed E-state index contributed by atoms with van der Waals surface area (Å²) in [4.78, 5) is 20.5. The molecular weight excluding hydrogens is 382 g/mol. The standard InChI is InChI=1S/C27H41N3O/c31-27(26(21-7-3-1-4-8-21)22-9-5-2-6-10-22)29-25-12-11-23-18-30(19-24(23)25)17-20-13-15-28-16-14-20/h13-16,21-26H,1-12,17-19H2,(H,29,31)/t23-,24+,25-/m0/s1. The highest BCUT2D eigenvalue weighted by atomic mass is 16.2. The number of hydrogen-bond donors (Lipinski definition) is 1. The number of amides is 1. The van der Waals surface area contributed by atoms with E-state index in [1.807, 2.05) is 12.4 Å². The quantitative estimate of drug-likeness (QED) is 0.685. The van der Waals surface area contributed by atoms with Crippen LogP contribution in [0.4, 0.5) is 0 Å². The maximum absolute atomic E-state index is 13.7. The van der Waals surface area contributed by atoms with E-state index in [4.69, 9.17) is 0 Å². The van der Waals surface area contributed by atoms with E-state index in [9.17, 15) is 4.79 Å². The molecule has 0 unspecified atom stereocenters. The molecular formula is C27H41N3O. The minimum absolute atomic E-state index is 0.286. The zero-order chi connectivity index (χ0) is 21.0. The Kier molecular flexibility index (Phi) is 6.93. The first kappa shape index (κ1) is 21.4. The number of fused-ring (bicyclic) bond motifs is 1. The fraction of sp³-hybridized carbons (Fsp3) is 0.778. The SMILES string of the molecule is O=C(N[C@H]1CC[C@H]2CN(Cc3ccncc3)C[C@H]21)C(C1CCCCC1)C1CCCCC1. The van der Waals surface area contributed by atoms with E-state index < -0.39 is 0 Å². The van der Waals surface area contributed by atoms with Crippen LogP contribution in [-0.4, -0.2) is 34.9 Å².